The molecule has 0 saturated heterocycles. The number of likely N-dealkylation sites (N-methyl/N-ethyl adjacent to an activating group) is 1. The molecule has 0 aliphatic rings. The van der Waals surface area contributed by atoms with Crippen LogP contribution in [0.2, 0.25) is 0 Å². The van der Waals surface area contributed by atoms with Crippen LogP contribution in [-0.2, 0) is 6.42 Å². The SMILES string of the molecule is CCN(C)CCc1cccc(F)c1. The fourth-order valence-electron chi connectivity index (χ4n) is 1.17. The first-order valence-corrected chi connectivity index (χ1v) is 4.65. The van der Waals surface area contributed by atoms with E-state index in [1.807, 2.05) is 6.07 Å². The highest BCUT2D eigenvalue weighted by molar-refractivity contribution is 5.16. The molecule has 0 radical (unpaired) electrons. The van der Waals surface area contributed by atoms with Crippen LogP contribution in [0.3, 0.4) is 0 Å². The summed E-state index contributed by atoms with van der Waals surface area (Å²) >= 11 is 0. The van der Waals surface area contributed by atoms with Crippen molar-refractivity contribution in [2.75, 3.05) is 20.1 Å². The van der Waals surface area contributed by atoms with Crippen LogP contribution < -0.4 is 0 Å². The number of benzene rings is 1. The van der Waals surface area contributed by atoms with Gasteiger partial charge in [-0.1, -0.05) is 19.1 Å². The maximum Gasteiger partial charge on any atom is 0.123 e. The van der Waals surface area contributed by atoms with Crippen LogP contribution in [0.15, 0.2) is 24.3 Å². The van der Waals surface area contributed by atoms with Crippen molar-refractivity contribution in [1.82, 2.24) is 4.90 Å². The third-order valence-electron chi connectivity index (χ3n) is 2.21. The fraction of sp³-hybridized carbons (Fsp3) is 0.455. The van der Waals surface area contributed by atoms with Gasteiger partial charge in [-0.25, -0.2) is 4.39 Å². The van der Waals surface area contributed by atoms with E-state index in [1.54, 1.807) is 12.1 Å². The maximum atomic E-state index is 12.8. The minimum absolute atomic E-state index is 0.142. The van der Waals surface area contributed by atoms with E-state index in [0.717, 1.165) is 25.1 Å². The summed E-state index contributed by atoms with van der Waals surface area (Å²) in [5, 5.41) is 0. The molecule has 0 heterocycles. The van der Waals surface area contributed by atoms with E-state index < -0.39 is 0 Å². The summed E-state index contributed by atoms with van der Waals surface area (Å²) in [5.41, 5.74) is 1.07. The summed E-state index contributed by atoms with van der Waals surface area (Å²) in [6, 6.07) is 6.81. The van der Waals surface area contributed by atoms with Crippen LogP contribution in [0.5, 0.6) is 0 Å². The second-order valence-corrected chi connectivity index (χ2v) is 3.28. The molecule has 13 heavy (non-hydrogen) atoms. The zero-order valence-corrected chi connectivity index (χ0v) is 8.26. The molecule has 72 valence electrons. The van der Waals surface area contributed by atoms with E-state index in [2.05, 4.69) is 18.9 Å². The topological polar surface area (TPSA) is 3.24 Å². The first kappa shape index (κ1) is 10.2. The van der Waals surface area contributed by atoms with Gasteiger partial charge in [0.05, 0.1) is 0 Å². The van der Waals surface area contributed by atoms with Gasteiger partial charge in [-0.3, -0.25) is 0 Å². The highest BCUT2D eigenvalue weighted by Crippen LogP contribution is 2.04. The summed E-state index contributed by atoms with van der Waals surface area (Å²) in [6.07, 6.45) is 0.919. The van der Waals surface area contributed by atoms with Crippen molar-refractivity contribution in [1.29, 1.82) is 0 Å². The van der Waals surface area contributed by atoms with E-state index >= 15 is 0 Å². The van der Waals surface area contributed by atoms with Crippen LogP contribution in [0.4, 0.5) is 4.39 Å². The van der Waals surface area contributed by atoms with Gasteiger partial charge in [0, 0.05) is 6.54 Å². The van der Waals surface area contributed by atoms with E-state index in [4.69, 9.17) is 0 Å². The summed E-state index contributed by atoms with van der Waals surface area (Å²) in [7, 11) is 2.07. The molecule has 2 heteroatoms. The predicted molar refractivity (Wildman–Crippen MR) is 53.3 cm³/mol. The lowest BCUT2D eigenvalue weighted by molar-refractivity contribution is 0.357. The molecule has 0 amide bonds. The number of rotatable bonds is 4. The van der Waals surface area contributed by atoms with Crippen molar-refractivity contribution < 1.29 is 4.39 Å². The maximum absolute atomic E-state index is 12.8. The molecule has 0 saturated carbocycles. The molecule has 0 bridgehead atoms. The van der Waals surface area contributed by atoms with Gasteiger partial charge in [-0.05, 0) is 37.7 Å². The van der Waals surface area contributed by atoms with Gasteiger partial charge < -0.3 is 4.90 Å². The monoisotopic (exact) mass is 181 g/mol. The Hall–Kier alpha value is -0.890. The van der Waals surface area contributed by atoms with Gasteiger partial charge in [0.25, 0.3) is 0 Å². The number of halogens is 1. The van der Waals surface area contributed by atoms with Crippen molar-refractivity contribution in [2.24, 2.45) is 0 Å². The largest absolute Gasteiger partial charge is 0.306 e. The number of hydrogen-bond donors (Lipinski definition) is 0. The lowest BCUT2D eigenvalue weighted by atomic mass is 10.1. The van der Waals surface area contributed by atoms with Gasteiger partial charge >= 0.3 is 0 Å². The van der Waals surface area contributed by atoms with Crippen LogP contribution in [0.1, 0.15) is 12.5 Å². The molecule has 0 aliphatic carbocycles. The molecule has 0 spiro atoms. The Morgan fingerprint density at radius 2 is 2.15 bits per heavy atom. The number of nitrogens with zero attached hydrogens (tertiary/aromatic N) is 1. The molecule has 1 aromatic carbocycles. The smallest absolute Gasteiger partial charge is 0.123 e. The quantitative estimate of drug-likeness (QED) is 0.689. The van der Waals surface area contributed by atoms with Gasteiger partial charge in [0.2, 0.25) is 0 Å². The molecule has 1 rings (SSSR count). The Balaban J connectivity index is 2.45. The highest BCUT2D eigenvalue weighted by atomic mass is 19.1. The minimum atomic E-state index is -0.142. The van der Waals surface area contributed by atoms with Crippen molar-refractivity contribution in [3.8, 4) is 0 Å². The van der Waals surface area contributed by atoms with Gasteiger partial charge in [-0.15, -0.1) is 0 Å². The zero-order chi connectivity index (χ0) is 9.68. The van der Waals surface area contributed by atoms with E-state index in [1.165, 1.54) is 6.07 Å². The van der Waals surface area contributed by atoms with E-state index in [0.29, 0.717) is 0 Å². The average Bonchev–Trinajstić information content (AvgIpc) is 2.14. The Kier molecular flexibility index (Phi) is 3.90. The third kappa shape index (κ3) is 3.55. The lowest BCUT2D eigenvalue weighted by Gasteiger charge is -2.13. The third-order valence-corrected chi connectivity index (χ3v) is 2.21. The standard InChI is InChI=1S/C11H16FN/c1-3-13(2)8-7-10-5-4-6-11(12)9-10/h4-6,9H,3,7-8H2,1-2H3. The van der Waals surface area contributed by atoms with Gasteiger partial charge in [0.15, 0.2) is 0 Å². The molecule has 0 unspecified atom stereocenters. The van der Waals surface area contributed by atoms with Gasteiger partial charge in [-0.2, -0.15) is 0 Å². The van der Waals surface area contributed by atoms with E-state index in [-0.39, 0.29) is 5.82 Å². The summed E-state index contributed by atoms with van der Waals surface area (Å²) in [4.78, 5) is 2.21. The van der Waals surface area contributed by atoms with Crippen molar-refractivity contribution in [3.63, 3.8) is 0 Å². The summed E-state index contributed by atoms with van der Waals surface area (Å²) in [6.45, 7) is 4.14. The number of hydrogen-bond acceptors (Lipinski definition) is 1. The fourth-order valence-corrected chi connectivity index (χ4v) is 1.17. The van der Waals surface area contributed by atoms with Crippen LogP contribution >= 0.6 is 0 Å². The Morgan fingerprint density at radius 1 is 1.38 bits per heavy atom. The molecule has 0 aromatic heterocycles. The molecule has 0 atom stereocenters. The normalized spacial score (nSPS) is 10.8. The zero-order valence-electron chi connectivity index (χ0n) is 8.26. The first-order valence-electron chi connectivity index (χ1n) is 4.65. The average molecular weight is 181 g/mol. The first-order chi connectivity index (χ1) is 6.22. The molecule has 1 nitrogen and oxygen atoms in total. The predicted octanol–water partition coefficient (Wildman–Crippen LogP) is 2.32. The van der Waals surface area contributed by atoms with Crippen LogP contribution in [0.25, 0.3) is 0 Å². The summed E-state index contributed by atoms with van der Waals surface area (Å²) < 4.78 is 12.8. The molecular formula is C11H16FN. The molecule has 0 N–H and O–H groups in total. The second kappa shape index (κ2) is 4.97. The molecule has 0 aliphatic heterocycles. The van der Waals surface area contributed by atoms with Crippen molar-refractivity contribution in [2.45, 2.75) is 13.3 Å². The Bertz CT molecular complexity index is 260. The second-order valence-electron chi connectivity index (χ2n) is 3.28. The summed E-state index contributed by atoms with van der Waals surface area (Å²) in [5.74, 6) is -0.142. The minimum Gasteiger partial charge on any atom is -0.306 e. The van der Waals surface area contributed by atoms with Crippen molar-refractivity contribution in [3.05, 3.63) is 35.6 Å². The van der Waals surface area contributed by atoms with Crippen molar-refractivity contribution >= 4 is 0 Å². The molecule has 0 fully saturated rings. The van der Waals surface area contributed by atoms with Gasteiger partial charge in [0.1, 0.15) is 5.82 Å². The Labute approximate surface area is 79.2 Å². The molecular weight excluding hydrogens is 165 g/mol. The van der Waals surface area contributed by atoms with E-state index in [9.17, 15) is 4.39 Å². The lowest BCUT2D eigenvalue weighted by Crippen LogP contribution is -2.20. The highest BCUT2D eigenvalue weighted by Gasteiger charge is 1.97. The Morgan fingerprint density at radius 3 is 2.77 bits per heavy atom. The van der Waals surface area contributed by atoms with Crippen LogP contribution in [-0.4, -0.2) is 25.0 Å². The van der Waals surface area contributed by atoms with Crippen LogP contribution in [0, 0.1) is 5.82 Å². The molecule has 1 aromatic rings.